The molecule has 0 aromatic heterocycles. The molecular weight excluding hydrogens is 262 g/mol. The zero-order valence-corrected chi connectivity index (χ0v) is 13.2. The zero-order valence-electron chi connectivity index (χ0n) is 13.2. The molecule has 4 heteroatoms. The molecule has 116 valence electrons. The van der Waals surface area contributed by atoms with Crippen LogP contribution in [0.4, 0.5) is 11.4 Å². The minimum atomic E-state index is 0.00576. The summed E-state index contributed by atoms with van der Waals surface area (Å²) in [5.74, 6) is 0.00576. The summed E-state index contributed by atoms with van der Waals surface area (Å²) in [6.45, 7) is 6.70. The smallest absolute Gasteiger partial charge is 0.238 e. The predicted molar refractivity (Wildman–Crippen MR) is 88.9 cm³/mol. The molecule has 1 aliphatic heterocycles. The molecule has 1 aliphatic rings. The van der Waals surface area contributed by atoms with Crippen LogP contribution in [0.5, 0.6) is 0 Å². The van der Waals surface area contributed by atoms with Crippen LogP contribution in [0.1, 0.15) is 39.5 Å². The molecule has 4 nitrogen and oxygen atoms in total. The molecule has 0 atom stereocenters. The van der Waals surface area contributed by atoms with Gasteiger partial charge in [0, 0.05) is 30.5 Å². The van der Waals surface area contributed by atoms with Gasteiger partial charge < -0.3 is 15.5 Å². The number of carbonyl (C=O) groups excluding carboxylic acids is 1. The van der Waals surface area contributed by atoms with Gasteiger partial charge in [-0.2, -0.15) is 0 Å². The van der Waals surface area contributed by atoms with E-state index < -0.39 is 0 Å². The van der Waals surface area contributed by atoms with Crippen LogP contribution in [-0.4, -0.2) is 31.6 Å². The summed E-state index contributed by atoms with van der Waals surface area (Å²) < 4.78 is 0. The Labute approximate surface area is 127 Å². The van der Waals surface area contributed by atoms with E-state index >= 15 is 0 Å². The Kier molecular flexibility index (Phi) is 6.05. The Morgan fingerprint density at radius 2 is 1.71 bits per heavy atom. The fourth-order valence-electron chi connectivity index (χ4n) is 2.59. The minimum absolute atomic E-state index is 0.00576. The van der Waals surface area contributed by atoms with Crippen LogP contribution in [0.3, 0.4) is 0 Å². The van der Waals surface area contributed by atoms with Crippen molar-refractivity contribution in [2.75, 3.05) is 29.9 Å². The van der Waals surface area contributed by atoms with Crippen LogP contribution in [0.15, 0.2) is 24.3 Å². The summed E-state index contributed by atoms with van der Waals surface area (Å²) >= 11 is 0. The van der Waals surface area contributed by atoms with Crippen LogP contribution in [0, 0.1) is 0 Å². The van der Waals surface area contributed by atoms with Crippen molar-refractivity contribution in [1.82, 2.24) is 5.32 Å². The van der Waals surface area contributed by atoms with E-state index in [1.807, 2.05) is 26.0 Å². The summed E-state index contributed by atoms with van der Waals surface area (Å²) in [5, 5.41) is 6.04. The van der Waals surface area contributed by atoms with Gasteiger partial charge in [0.1, 0.15) is 0 Å². The molecule has 1 aromatic carbocycles. The van der Waals surface area contributed by atoms with Crippen molar-refractivity contribution in [3.05, 3.63) is 24.3 Å². The van der Waals surface area contributed by atoms with E-state index in [1.165, 1.54) is 31.4 Å². The Morgan fingerprint density at radius 3 is 2.29 bits per heavy atom. The Bertz CT molecular complexity index is 434. The molecule has 1 aromatic rings. The molecule has 1 amide bonds. The second-order valence-electron chi connectivity index (χ2n) is 6.03. The average molecular weight is 289 g/mol. The molecule has 0 aliphatic carbocycles. The van der Waals surface area contributed by atoms with E-state index in [4.69, 9.17) is 0 Å². The fourth-order valence-corrected chi connectivity index (χ4v) is 2.59. The van der Waals surface area contributed by atoms with E-state index in [2.05, 4.69) is 27.7 Å². The standard InChI is InChI=1S/C17H27N3O/c1-14(2)18-13-17(21)19-15-7-9-16(10-8-15)20-11-5-3-4-6-12-20/h7-10,14,18H,3-6,11-13H2,1-2H3,(H,19,21). The third-order valence-electron chi connectivity index (χ3n) is 3.79. The van der Waals surface area contributed by atoms with Gasteiger partial charge >= 0.3 is 0 Å². The van der Waals surface area contributed by atoms with E-state index in [0.717, 1.165) is 18.8 Å². The molecule has 1 fully saturated rings. The first-order chi connectivity index (χ1) is 10.1. The van der Waals surface area contributed by atoms with Crippen molar-refractivity contribution >= 4 is 17.3 Å². The second kappa shape index (κ2) is 8.03. The third-order valence-corrected chi connectivity index (χ3v) is 3.79. The zero-order chi connectivity index (χ0) is 15.1. The molecule has 0 unspecified atom stereocenters. The third kappa shape index (κ3) is 5.38. The molecule has 0 spiro atoms. The highest BCUT2D eigenvalue weighted by atomic mass is 16.1. The van der Waals surface area contributed by atoms with Crippen LogP contribution in [0.2, 0.25) is 0 Å². The molecule has 2 N–H and O–H groups in total. The van der Waals surface area contributed by atoms with Crippen LogP contribution < -0.4 is 15.5 Å². The van der Waals surface area contributed by atoms with Gasteiger partial charge in [-0.1, -0.05) is 26.7 Å². The Balaban J connectivity index is 1.87. The molecule has 0 radical (unpaired) electrons. The van der Waals surface area contributed by atoms with Crippen molar-refractivity contribution in [3.63, 3.8) is 0 Å². The Morgan fingerprint density at radius 1 is 1.10 bits per heavy atom. The van der Waals surface area contributed by atoms with E-state index in [-0.39, 0.29) is 5.91 Å². The quantitative estimate of drug-likeness (QED) is 0.876. The van der Waals surface area contributed by atoms with Gasteiger partial charge in [-0.3, -0.25) is 4.79 Å². The fraction of sp³-hybridized carbons (Fsp3) is 0.588. The summed E-state index contributed by atoms with van der Waals surface area (Å²) in [6.07, 6.45) is 5.24. The topological polar surface area (TPSA) is 44.4 Å². The van der Waals surface area contributed by atoms with Crippen molar-refractivity contribution in [2.45, 2.75) is 45.6 Å². The van der Waals surface area contributed by atoms with Gasteiger partial charge in [0.15, 0.2) is 0 Å². The van der Waals surface area contributed by atoms with Gasteiger partial charge in [-0.05, 0) is 37.1 Å². The molecule has 2 rings (SSSR count). The highest BCUT2D eigenvalue weighted by Gasteiger charge is 2.10. The van der Waals surface area contributed by atoms with Crippen LogP contribution in [0.25, 0.3) is 0 Å². The summed E-state index contributed by atoms with van der Waals surface area (Å²) in [7, 11) is 0. The number of hydrogen-bond donors (Lipinski definition) is 2. The highest BCUT2D eigenvalue weighted by Crippen LogP contribution is 2.21. The second-order valence-corrected chi connectivity index (χ2v) is 6.03. The van der Waals surface area contributed by atoms with Crippen molar-refractivity contribution in [2.24, 2.45) is 0 Å². The molecule has 0 bridgehead atoms. The van der Waals surface area contributed by atoms with Gasteiger partial charge in [-0.25, -0.2) is 0 Å². The number of carbonyl (C=O) groups is 1. The van der Waals surface area contributed by atoms with Crippen molar-refractivity contribution in [1.29, 1.82) is 0 Å². The first kappa shape index (κ1) is 15.8. The molecule has 1 saturated heterocycles. The number of nitrogens with one attached hydrogen (secondary N) is 2. The highest BCUT2D eigenvalue weighted by molar-refractivity contribution is 5.92. The van der Waals surface area contributed by atoms with Gasteiger partial charge in [0.25, 0.3) is 0 Å². The number of amides is 1. The first-order valence-electron chi connectivity index (χ1n) is 8.03. The maximum Gasteiger partial charge on any atom is 0.238 e. The number of benzene rings is 1. The largest absolute Gasteiger partial charge is 0.372 e. The lowest BCUT2D eigenvalue weighted by molar-refractivity contribution is -0.115. The number of rotatable bonds is 5. The first-order valence-corrected chi connectivity index (χ1v) is 8.03. The van der Waals surface area contributed by atoms with Gasteiger partial charge in [0.2, 0.25) is 5.91 Å². The SMILES string of the molecule is CC(C)NCC(=O)Nc1ccc(N2CCCCCC2)cc1. The molecule has 1 heterocycles. The maximum absolute atomic E-state index is 11.8. The average Bonchev–Trinajstić information content (AvgIpc) is 2.75. The van der Waals surface area contributed by atoms with E-state index in [0.29, 0.717) is 12.6 Å². The summed E-state index contributed by atoms with van der Waals surface area (Å²) in [6, 6.07) is 8.52. The predicted octanol–water partition coefficient (Wildman–Crippen LogP) is 3.00. The Hall–Kier alpha value is -1.55. The number of anilines is 2. The van der Waals surface area contributed by atoms with Crippen molar-refractivity contribution < 1.29 is 4.79 Å². The molecule has 21 heavy (non-hydrogen) atoms. The van der Waals surface area contributed by atoms with Gasteiger partial charge in [-0.15, -0.1) is 0 Å². The lowest BCUT2D eigenvalue weighted by atomic mass is 10.2. The number of hydrogen-bond acceptors (Lipinski definition) is 3. The summed E-state index contributed by atoms with van der Waals surface area (Å²) in [5.41, 5.74) is 2.12. The number of nitrogens with zero attached hydrogens (tertiary/aromatic N) is 1. The normalized spacial score (nSPS) is 15.9. The van der Waals surface area contributed by atoms with Crippen LogP contribution >= 0.6 is 0 Å². The van der Waals surface area contributed by atoms with E-state index in [1.54, 1.807) is 0 Å². The maximum atomic E-state index is 11.8. The van der Waals surface area contributed by atoms with Crippen LogP contribution in [-0.2, 0) is 4.79 Å². The van der Waals surface area contributed by atoms with Gasteiger partial charge in [0.05, 0.1) is 6.54 Å². The lowest BCUT2D eigenvalue weighted by Crippen LogP contribution is -2.32. The monoisotopic (exact) mass is 289 g/mol. The van der Waals surface area contributed by atoms with E-state index in [9.17, 15) is 4.79 Å². The summed E-state index contributed by atoms with van der Waals surface area (Å²) in [4.78, 5) is 14.2. The lowest BCUT2D eigenvalue weighted by Gasteiger charge is -2.22. The van der Waals surface area contributed by atoms with Crippen molar-refractivity contribution in [3.8, 4) is 0 Å². The molecule has 0 saturated carbocycles. The molecular formula is C17H27N3O. The minimum Gasteiger partial charge on any atom is -0.372 e.